The van der Waals surface area contributed by atoms with E-state index in [1.807, 2.05) is 0 Å². The second-order valence-electron chi connectivity index (χ2n) is 3.03. The number of carbonyl (C=O) groups excluding carboxylic acids is 1. The zero-order valence-electron chi connectivity index (χ0n) is 9.01. The number of amides is 1. The van der Waals surface area contributed by atoms with Gasteiger partial charge in [-0.2, -0.15) is 0 Å². The van der Waals surface area contributed by atoms with Crippen molar-refractivity contribution in [2.75, 3.05) is 19.8 Å². The normalized spacial score (nSPS) is 10.2. The number of ether oxygens (including phenoxy) is 1. The maximum absolute atomic E-state index is 11.5. The first kappa shape index (κ1) is 13.6. The van der Waals surface area contributed by atoms with Gasteiger partial charge in [-0.15, -0.1) is 11.3 Å². The van der Waals surface area contributed by atoms with E-state index in [1.165, 1.54) is 11.3 Å². The van der Waals surface area contributed by atoms with Crippen molar-refractivity contribution in [1.82, 2.24) is 10.3 Å². The molecule has 1 aromatic rings. The molecule has 8 heteroatoms. The Labute approximate surface area is 102 Å². The summed E-state index contributed by atoms with van der Waals surface area (Å²) in [5, 5.41) is 13.2. The predicted octanol–water partition coefficient (Wildman–Crippen LogP) is -0.567. The Hall–Kier alpha value is -1.51. The van der Waals surface area contributed by atoms with E-state index in [2.05, 4.69) is 10.3 Å². The fraction of sp³-hybridized carbons (Fsp3) is 0.444. The molecule has 0 saturated carbocycles. The minimum atomic E-state index is -1.04. The van der Waals surface area contributed by atoms with Gasteiger partial charge in [0.2, 0.25) is 0 Å². The lowest BCUT2D eigenvalue weighted by atomic mass is 10.4. The number of carboxylic acids is 1. The predicted molar refractivity (Wildman–Crippen MR) is 60.8 cm³/mol. The van der Waals surface area contributed by atoms with Crippen molar-refractivity contribution in [3.8, 4) is 0 Å². The zero-order chi connectivity index (χ0) is 12.7. The van der Waals surface area contributed by atoms with Crippen LogP contribution in [0.5, 0.6) is 0 Å². The largest absolute Gasteiger partial charge is 0.480 e. The average molecular weight is 259 g/mol. The third kappa shape index (κ3) is 4.89. The van der Waals surface area contributed by atoms with Crippen LogP contribution in [0.15, 0.2) is 5.38 Å². The van der Waals surface area contributed by atoms with E-state index >= 15 is 0 Å². The molecule has 0 radical (unpaired) electrons. The summed E-state index contributed by atoms with van der Waals surface area (Å²) >= 11 is 1.32. The number of aliphatic carboxylic acids is 1. The minimum absolute atomic E-state index is 0.145. The molecule has 0 aliphatic carbocycles. The molecule has 4 N–H and O–H groups in total. The Morgan fingerprint density at radius 2 is 2.35 bits per heavy atom. The number of nitrogens with two attached hydrogens (primary N) is 1. The summed E-state index contributed by atoms with van der Waals surface area (Å²) in [6.07, 6.45) is 0. The summed E-state index contributed by atoms with van der Waals surface area (Å²) in [7, 11) is 0. The lowest BCUT2D eigenvalue weighted by molar-refractivity contribution is -0.142. The first-order valence-corrected chi connectivity index (χ1v) is 5.73. The van der Waals surface area contributed by atoms with Crippen LogP contribution >= 0.6 is 11.3 Å². The smallest absolute Gasteiger partial charge is 0.329 e. The van der Waals surface area contributed by atoms with Crippen molar-refractivity contribution in [3.05, 3.63) is 16.1 Å². The molecular formula is C9H13N3O4S. The number of aromatic nitrogens is 1. The SMILES string of the molecule is NCc1nc(C(=O)NCCOCC(=O)O)cs1. The van der Waals surface area contributed by atoms with Crippen LogP contribution < -0.4 is 11.1 Å². The molecule has 0 aromatic carbocycles. The molecule has 1 rings (SSSR count). The zero-order valence-corrected chi connectivity index (χ0v) is 9.83. The minimum Gasteiger partial charge on any atom is -0.480 e. The highest BCUT2D eigenvalue weighted by Gasteiger charge is 2.09. The van der Waals surface area contributed by atoms with Crippen LogP contribution in [0.25, 0.3) is 0 Å². The maximum atomic E-state index is 11.5. The van der Waals surface area contributed by atoms with Crippen LogP contribution in [0.4, 0.5) is 0 Å². The second-order valence-corrected chi connectivity index (χ2v) is 3.98. The third-order valence-electron chi connectivity index (χ3n) is 1.72. The van der Waals surface area contributed by atoms with Gasteiger partial charge in [0.15, 0.2) is 0 Å². The van der Waals surface area contributed by atoms with E-state index in [9.17, 15) is 9.59 Å². The Bertz CT molecular complexity index is 393. The Kier molecular flexibility index (Phi) is 5.53. The van der Waals surface area contributed by atoms with Gasteiger partial charge in [0, 0.05) is 18.5 Å². The topological polar surface area (TPSA) is 115 Å². The summed E-state index contributed by atoms with van der Waals surface area (Å²) in [4.78, 5) is 25.6. The summed E-state index contributed by atoms with van der Waals surface area (Å²) in [5.74, 6) is -1.36. The van der Waals surface area contributed by atoms with Gasteiger partial charge in [-0.05, 0) is 0 Å². The van der Waals surface area contributed by atoms with Gasteiger partial charge in [-0.25, -0.2) is 9.78 Å². The van der Waals surface area contributed by atoms with E-state index in [1.54, 1.807) is 5.38 Å². The van der Waals surface area contributed by atoms with Crippen LogP contribution in [0.2, 0.25) is 0 Å². The van der Waals surface area contributed by atoms with Gasteiger partial charge in [0.05, 0.1) is 6.61 Å². The van der Waals surface area contributed by atoms with Crippen LogP contribution in [-0.4, -0.2) is 41.7 Å². The molecule has 94 valence electrons. The standard InChI is InChI=1S/C9H13N3O4S/c10-3-7-12-6(5-17-7)9(15)11-1-2-16-4-8(13)14/h5H,1-4,10H2,(H,11,15)(H,13,14). The van der Waals surface area contributed by atoms with E-state index < -0.39 is 5.97 Å². The molecule has 1 heterocycles. The number of nitrogens with zero attached hydrogens (tertiary/aromatic N) is 1. The van der Waals surface area contributed by atoms with Crippen molar-refractivity contribution >= 4 is 23.2 Å². The van der Waals surface area contributed by atoms with Gasteiger partial charge in [0.25, 0.3) is 5.91 Å². The lowest BCUT2D eigenvalue weighted by Gasteiger charge is -2.02. The molecular weight excluding hydrogens is 246 g/mol. The van der Waals surface area contributed by atoms with Crippen LogP contribution in [-0.2, 0) is 16.1 Å². The number of thiazole rings is 1. The number of rotatable bonds is 7. The first-order valence-electron chi connectivity index (χ1n) is 4.85. The molecule has 0 fully saturated rings. The first-order chi connectivity index (χ1) is 8.13. The maximum Gasteiger partial charge on any atom is 0.329 e. The lowest BCUT2D eigenvalue weighted by Crippen LogP contribution is -2.28. The summed E-state index contributed by atoms with van der Waals surface area (Å²) in [6.45, 7) is 0.317. The molecule has 0 saturated heterocycles. The molecule has 1 amide bonds. The highest BCUT2D eigenvalue weighted by Crippen LogP contribution is 2.08. The number of hydrogen-bond donors (Lipinski definition) is 3. The van der Waals surface area contributed by atoms with Gasteiger partial charge in [-0.1, -0.05) is 0 Å². The fourth-order valence-corrected chi connectivity index (χ4v) is 1.65. The van der Waals surface area contributed by atoms with E-state index in [-0.39, 0.29) is 25.7 Å². The monoisotopic (exact) mass is 259 g/mol. The van der Waals surface area contributed by atoms with Gasteiger partial charge < -0.3 is 20.9 Å². The van der Waals surface area contributed by atoms with Crippen molar-refractivity contribution in [2.24, 2.45) is 5.73 Å². The average Bonchev–Trinajstić information content (AvgIpc) is 2.76. The van der Waals surface area contributed by atoms with Gasteiger partial charge in [-0.3, -0.25) is 4.79 Å². The molecule has 0 aliphatic rings. The summed E-state index contributed by atoms with van der Waals surface area (Å²) in [5.41, 5.74) is 5.69. The molecule has 17 heavy (non-hydrogen) atoms. The van der Waals surface area contributed by atoms with Crippen LogP contribution in [0.1, 0.15) is 15.5 Å². The molecule has 0 aliphatic heterocycles. The van der Waals surface area contributed by atoms with E-state index in [4.69, 9.17) is 15.6 Å². The summed E-state index contributed by atoms with van der Waals surface area (Å²) < 4.78 is 4.76. The molecule has 0 unspecified atom stereocenters. The molecule has 0 bridgehead atoms. The number of carbonyl (C=O) groups is 2. The number of carboxylic acid groups (broad SMARTS) is 1. The van der Waals surface area contributed by atoms with Crippen molar-refractivity contribution in [1.29, 1.82) is 0 Å². The Balaban J connectivity index is 2.23. The molecule has 7 nitrogen and oxygen atoms in total. The Morgan fingerprint density at radius 3 is 2.94 bits per heavy atom. The van der Waals surface area contributed by atoms with Gasteiger partial charge in [0.1, 0.15) is 17.3 Å². The number of hydrogen-bond acceptors (Lipinski definition) is 6. The van der Waals surface area contributed by atoms with Gasteiger partial charge >= 0.3 is 5.97 Å². The molecule has 0 spiro atoms. The summed E-state index contributed by atoms with van der Waals surface area (Å²) in [6, 6.07) is 0. The van der Waals surface area contributed by atoms with Crippen molar-refractivity contribution in [2.45, 2.75) is 6.54 Å². The fourth-order valence-electron chi connectivity index (χ4n) is 0.996. The Morgan fingerprint density at radius 1 is 1.59 bits per heavy atom. The highest BCUT2D eigenvalue weighted by molar-refractivity contribution is 7.09. The van der Waals surface area contributed by atoms with Crippen LogP contribution in [0.3, 0.4) is 0 Å². The highest BCUT2D eigenvalue weighted by atomic mass is 32.1. The quantitative estimate of drug-likeness (QED) is 0.565. The van der Waals surface area contributed by atoms with Crippen molar-refractivity contribution in [3.63, 3.8) is 0 Å². The molecule has 0 atom stereocenters. The van der Waals surface area contributed by atoms with Crippen molar-refractivity contribution < 1.29 is 19.4 Å². The second kappa shape index (κ2) is 6.94. The van der Waals surface area contributed by atoms with E-state index in [0.717, 1.165) is 0 Å². The number of nitrogens with one attached hydrogen (secondary N) is 1. The third-order valence-corrected chi connectivity index (χ3v) is 2.59. The van der Waals surface area contributed by atoms with Crippen LogP contribution in [0, 0.1) is 0 Å². The van der Waals surface area contributed by atoms with E-state index in [0.29, 0.717) is 17.2 Å². The molecule has 1 aromatic heterocycles.